The zero-order chi connectivity index (χ0) is 43.6. The predicted molar refractivity (Wildman–Crippen MR) is 243 cm³/mol. The molecule has 0 aliphatic rings. The molecular weight excluding hydrogens is 781 g/mol. The number of unbranched alkanes of at least 4 members (excludes halogenated alkanes) is 13. The summed E-state index contributed by atoms with van der Waals surface area (Å²) < 4.78 is 28.3. The van der Waals surface area contributed by atoms with Crippen LogP contribution in [-0.2, 0) is 0 Å². The fourth-order valence-electron chi connectivity index (χ4n) is 6.51. The smallest absolute Gasteiger partial charge is 0.343 e. The average molecular weight is 841 g/mol. The second-order valence-electron chi connectivity index (χ2n) is 15.2. The Labute approximate surface area is 366 Å². The van der Waals surface area contributed by atoms with Crippen LogP contribution in [0, 0.1) is 0 Å². The monoisotopic (exact) mass is 840 g/mol. The fraction of sp³-hybridized carbons (Fsp3) is 0.365. The van der Waals surface area contributed by atoms with Gasteiger partial charge in [0.25, 0.3) is 0 Å². The van der Waals surface area contributed by atoms with Gasteiger partial charge in [-0.25, -0.2) is 14.4 Å². The number of rotatable bonds is 27. The highest BCUT2D eigenvalue weighted by Gasteiger charge is 2.14. The van der Waals surface area contributed by atoms with Crippen molar-refractivity contribution in [1.82, 2.24) is 0 Å². The number of azo groups is 1. The van der Waals surface area contributed by atoms with E-state index in [2.05, 4.69) is 24.1 Å². The molecule has 0 saturated heterocycles. The first kappa shape index (κ1) is 46.8. The molecule has 0 unspecified atom stereocenters. The lowest BCUT2D eigenvalue weighted by atomic mass is 10.1. The van der Waals surface area contributed by atoms with Crippen molar-refractivity contribution in [2.45, 2.75) is 110 Å². The SMILES string of the molecule is CCCCCCCCCCOc1ccc(C(=O)Oc2cccc(OC(=O)c3ccc(OC(=O)c4ccc(N=Nc5ccc(OCCCCCCCCC)cc5)cc4)cc3)c2)cc1. The summed E-state index contributed by atoms with van der Waals surface area (Å²) in [6.07, 6.45) is 18.5. The van der Waals surface area contributed by atoms with Crippen LogP contribution in [0.25, 0.3) is 0 Å². The normalized spacial score (nSPS) is 11.0. The Morgan fingerprint density at radius 1 is 0.371 bits per heavy atom. The first-order valence-corrected chi connectivity index (χ1v) is 22.2. The van der Waals surface area contributed by atoms with Gasteiger partial charge in [0.05, 0.1) is 41.3 Å². The minimum Gasteiger partial charge on any atom is -0.494 e. The molecule has 0 aliphatic carbocycles. The quantitative estimate of drug-likeness (QED) is 0.0222. The van der Waals surface area contributed by atoms with Crippen LogP contribution >= 0.6 is 0 Å². The highest BCUT2D eigenvalue weighted by atomic mass is 16.5. The molecule has 0 aliphatic heterocycles. The summed E-state index contributed by atoms with van der Waals surface area (Å²) in [4.78, 5) is 38.6. The van der Waals surface area contributed by atoms with Crippen LogP contribution in [0.4, 0.5) is 11.4 Å². The van der Waals surface area contributed by atoms with Gasteiger partial charge in [-0.3, -0.25) is 0 Å². The van der Waals surface area contributed by atoms with Crippen LogP contribution in [-0.4, -0.2) is 31.1 Å². The molecule has 0 fully saturated rings. The maximum atomic E-state index is 12.9. The number of hydrogen-bond donors (Lipinski definition) is 0. The summed E-state index contributed by atoms with van der Waals surface area (Å²) in [6, 6.07) is 33.2. The summed E-state index contributed by atoms with van der Waals surface area (Å²) in [7, 11) is 0. The molecule has 0 spiro atoms. The summed E-state index contributed by atoms with van der Waals surface area (Å²) in [5, 5.41) is 8.57. The van der Waals surface area contributed by atoms with Crippen molar-refractivity contribution < 1.29 is 38.1 Å². The number of esters is 3. The van der Waals surface area contributed by atoms with Gasteiger partial charge in [0.2, 0.25) is 0 Å². The lowest BCUT2D eigenvalue weighted by Gasteiger charge is -2.09. The van der Waals surface area contributed by atoms with Crippen LogP contribution in [0.2, 0.25) is 0 Å². The van der Waals surface area contributed by atoms with Crippen LogP contribution in [0.5, 0.6) is 28.7 Å². The van der Waals surface area contributed by atoms with E-state index in [1.54, 1.807) is 66.7 Å². The van der Waals surface area contributed by atoms with Gasteiger partial charge in [-0.15, -0.1) is 0 Å². The van der Waals surface area contributed by atoms with Crippen molar-refractivity contribution in [3.05, 3.63) is 138 Å². The molecule has 0 amide bonds. The molecule has 62 heavy (non-hydrogen) atoms. The van der Waals surface area contributed by atoms with Crippen LogP contribution in [0.15, 0.2) is 132 Å². The Morgan fingerprint density at radius 3 is 1.11 bits per heavy atom. The molecule has 0 atom stereocenters. The summed E-state index contributed by atoms with van der Waals surface area (Å²) in [5.41, 5.74) is 2.19. The Balaban J connectivity index is 1.01. The summed E-state index contributed by atoms with van der Waals surface area (Å²) in [5.74, 6) is 0.421. The van der Waals surface area contributed by atoms with Crippen molar-refractivity contribution in [2.75, 3.05) is 13.2 Å². The molecule has 0 radical (unpaired) electrons. The lowest BCUT2D eigenvalue weighted by molar-refractivity contribution is 0.0723. The number of benzene rings is 5. The van der Waals surface area contributed by atoms with Crippen molar-refractivity contribution in [1.29, 1.82) is 0 Å². The average Bonchev–Trinajstić information content (AvgIpc) is 3.29. The number of ether oxygens (including phenoxy) is 5. The van der Waals surface area contributed by atoms with Gasteiger partial charge in [-0.05, 0) is 122 Å². The van der Waals surface area contributed by atoms with E-state index in [1.807, 2.05) is 24.3 Å². The highest BCUT2D eigenvalue weighted by Crippen LogP contribution is 2.25. The minimum absolute atomic E-state index is 0.195. The Hall–Kier alpha value is -6.29. The second-order valence-corrected chi connectivity index (χ2v) is 15.2. The number of carbonyl (C=O) groups is 3. The van der Waals surface area contributed by atoms with Gasteiger partial charge >= 0.3 is 17.9 Å². The summed E-state index contributed by atoms with van der Waals surface area (Å²) in [6.45, 7) is 5.80. The van der Waals surface area contributed by atoms with Gasteiger partial charge in [0, 0.05) is 6.07 Å². The van der Waals surface area contributed by atoms with E-state index in [0.29, 0.717) is 41.5 Å². The molecule has 10 nitrogen and oxygen atoms in total. The van der Waals surface area contributed by atoms with E-state index >= 15 is 0 Å². The van der Waals surface area contributed by atoms with Crippen molar-refractivity contribution >= 4 is 29.3 Å². The molecule has 10 heteroatoms. The molecule has 326 valence electrons. The van der Waals surface area contributed by atoms with E-state index in [0.717, 1.165) is 25.0 Å². The molecule has 5 rings (SSSR count). The van der Waals surface area contributed by atoms with E-state index in [9.17, 15) is 14.4 Å². The first-order valence-electron chi connectivity index (χ1n) is 22.2. The van der Waals surface area contributed by atoms with Crippen LogP contribution in [0.1, 0.15) is 141 Å². The molecule has 0 aromatic heterocycles. The van der Waals surface area contributed by atoms with E-state index in [4.69, 9.17) is 23.7 Å². The topological polar surface area (TPSA) is 122 Å². The zero-order valence-electron chi connectivity index (χ0n) is 36.2. The molecule has 0 bridgehead atoms. The van der Waals surface area contributed by atoms with Crippen molar-refractivity contribution in [3.8, 4) is 28.7 Å². The van der Waals surface area contributed by atoms with Crippen LogP contribution in [0.3, 0.4) is 0 Å². The van der Waals surface area contributed by atoms with Crippen molar-refractivity contribution in [2.24, 2.45) is 10.2 Å². The molecule has 5 aromatic rings. The van der Waals surface area contributed by atoms with Crippen LogP contribution < -0.4 is 23.7 Å². The second kappa shape index (κ2) is 26.8. The van der Waals surface area contributed by atoms with Gasteiger partial charge in [0.15, 0.2) is 0 Å². The lowest BCUT2D eigenvalue weighted by Crippen LogP contribution is -2.11. The Morgan fingerprint density at radius 2 is 0.694 bits per heavy atom. The zero-order valence-corrected chi connectivity index (χ0v) is 36.2. The van der Waals surface area contributed by atoms with E-state index in [-0.39, 0.29) is 22.8 Å². The highest BCUT2D eigenvalue weighted by molar-refractivity contribution is 5.93. The maximum absolute atomic E-state index is 12.9. The third-order valence-corrected chi connectivity index (χ3v) is 10.1. The van der Waals surface area contributed by atoms with E-state index < -0.39 is 17.9 Å². The number of nitrogens with zero attached hydrogens (tertiary/aromatic N) is 2. The van der Waals surface area contributed by atoms with Gasteiger partial charge < -0.3 is 23.7 Å². The predicted octanol–water partition coefficient (Wildman–Crippen LogP) is 14.4. The molecule has 0 N–H and O–H groups in total. The fourth-order valence-corrected chi connectivity index (χ4v) is 6.51. The van der Waals surface area contributed by atoms with Crippen molar-refractivity contribution in [3.63, 3.8) is 0 Å². The molecular formula is C52H60N2O8. The van der Waals surface area contributed by atoms with Gasteiger partial charge in [0.1, 0.15) is 28.7 Å². The Kier molecular flexibility index (Phi) is 20.2. The third-order valence-electron chi connectivity index (χ3n) is 10.1. The molecule has 5 aromatic carbocycles. The standard InChI is InChI=1S/C52H60N2O8/c1-3-5-7-9-11-13-15-17-37-58-45-31-23-41(24-32-45)51(56)61-48-19-18-20-49(39-48)62-52(57)42-25-33-47(34-26-42)60-50(55)40-21-27-43(28-22-40)53-54-44-29-35-46(36-30-44)59-38-16-14-12-10-8-6-4-2/h18-36,39H,3-17,37-38H2,1-2H3. The number of hydrogen-bond acceptors (Lipinski definition) is 10. The third kappa shape index (κ3) is 17.0. The maximum Gasteiger partial charge on any atom is 0.343 e. The van der Waals surface area contributed by atoms with Gasteiger partial charge in [-0.2, -0.15) is 10.2 Å². The Bertz CT molecular complexity index is 2110. The molecule has 0 heterocycles. The summed E-state index contributed by atoms with van der Waals surface area (Å²) >= 11 is 0. The number of carbonyl (C=O) groups excluding carboxylic acids is 3. The van der Waals surface area contributed by atoms with E-state index in [1.165, 1.54) is 107 Å². The van der Waals surface area contributed by atoms with Gasteiger partial charge in [-0.1, -0.05) is 103 Å². The molecule has 0 saturated carbocycles. The minimum atomic E-state index is -0.637. The first-order chi connectivity index (χ1) is 30.4. The largest absolute Gasteiger partial charge is 0.494 e.